The summed E-state index contributed by atoms with van der Waals surface area (Å²) in [5.74, 6) is 0.408. The number of aromatic nitrogens is 1. The van der Waals surface area contributed by atoms with Crippen LogP contribution in [0.3, 0.4) is 0 Å². The molecule has 0 atom stereocenters. The normalized spacial score (nSPS) is 17.9. The van der Waals surface area contributed by atoms with Crippen molar-refractivity contribution in [3.63, 3.8) is 0 Å². The molecule has 0 spiro atoms. The molecule has 0 amide bonds. The summed E-state index contributed by atoms with van der Waals surface area (Å²) in [5.41, 5.74) is 0.859. The van der Waals surface area contributed by atoms with Crippen LogP contribution in [0.4, 0.5) is 0 Å². The van der Waals surface area contributed by atoms with E-state index in [-0.39, 0.29) is 12.3 Å². The van der Waals surface area contributed by atoms with E-state index in [2.05, 4.69) is 0 Å². The molecule has 1 fully saturated rings. The number of hydrogen-bond acceptors (Lipinski definition) is 2. The van der Waals surface area contributed by atoms with Crippen molar-refractivity contribution in [2.24, 2.45) is 0 Å². The zero-order chi connectivity index (χ0) is 10.7. The van der Waals surface area contributed by atoms with E-state index >= 15 is 0 Å². The Morgan fingerprint density at radius 1 is 1.33 bits per heavy atom. The van der Waals surface area contributed by atoms with Crippen LogP contribution in [0, 0.1) is 0 Å². The van der Waals surface area contributed by atoms with Gasteiger partial charge in [-0.05, 0) is 24.8 Å². The lowest BCUT2D eigenvalue weighted by Gasteiger charge is -2.21. The van der Waals surface area contributed by atoms with Crippen LogP contribution in [-0.2, 0) is 6.73 Å². The topological polar surface area (TPSA) is 42.2 Å². The fourth-order valence-corrected chi connectivity index (χ4v) is 2.39. The average molecular weight is 207 g/mol. The van der Waals surface area contributed by atoms with Crippen molar-refractivity contribution in [2.75, 3.05) is 0 Å². The fourth-order valence-electron chi connectivity index (χ4n) is 2.39. The van der Waals surface area contributed by atoms with Crippen LogP contribution in [0.15, 0.2) is 23.1 Å². The third-order valence-corrected chi connectivity index (χ3v) is 3.25. The maximum atomic E-state index is 11.9. The zero-order valence-corrected chi connectivity index (χ0v) is 8.85. The first-order chi connectivity index (χ1) is 7.33. The van der Waals surface area contributed by atoms with E-state index in [4.69, 9.17) is 5.11 Å². The molecular formula is C12H17NO2. The van der Waals surface area contributed by atoms with Gasteiger partial charge in [0.05, 0.1) is 0 Å². The van der Waals surface area contributed by atoms with Crippen LogP contribution in [-0.4, -0.2) is 9.67 Å². The van der Waals surface area contributed by atoms with Gasteiger partial charge in [-0.3, -0.25) is 9.36 Å². The third-order valence-electron chi connectivity index (χ3n) is 3.25. The van der Waals surface area contributed by atoms with Gasteiger partial charge in [0.25, 0.3) is 5.56 Å². The van der Waals surface area contributed by atoms with Gasteiger partial charge in [-0.2, -0.15) is 0 Å². The van der Waals surface area contributed by atoms with E-state index in [0.29, 0.717) is 5.92 Å². The summed E-state index contributed by atoms with van der Waals surface area (Å²) in [6.45, 7) is -0.223. The highest BCUT2D eigenvalue weighted by Gasteiger charge is 2.18. The summed E-state index contributed by atoms with van der Waals surface area (Å²) in [6.07, 6.45) is 7.60. The summed E-state index contributed by atoms with van der Waals surface area (Å²) >= 11 is 0. The number of nitrogens with zero attached hydrogens (tertiary/aromatic N) is 1. The van der Waals surface area contributed by atoms with Crippen molar-refractivity contribution < 1.29 is 5.11 Å². The van der Waals surface area contributed by atoms with Crippen molar-refractivity contribution in [1.29, 1.82) is 0 Å². The van der Waals surface area contributed by atoms with Gasteiger partial charge < -0.3 is 5.11 Å². The van der Waals surface area contributed by atoms with E-state index in [1.54, 1.807) is 6.20 Å². The van der Waals surface area contributed by atoms with E-state index in [9.17, 15) is 4.79 Å². The van der Waals surface area contributed by atoms with Crippen LogP contribution in [0.2, 0.25) is 0 Å². The first-order valence-electron chi connectivity index (χ1n) is 5.63. The van der Waals surface area contributed by atoms with Gasteiger partial charge in [-0.15, -0.1) is 0 Å². The predicted octanol–water partition coefficient (Wildman–Crippen LogP) is 1.85. The van der Waals surface area contributed by atoms with Gasteiger partial charge in [0.1, 0.15) is 6.73 Å². The Kier molecular flexibility index (Phi) is 3.21. The molecule has 0 saturated heterocycles. The lowest BCUT2D eigenvalue weighted by molar-refractivity contribution is 0.205. The molecule has 0 aliphatic heterocycles. The number of hydrogen-bond donors (Lipinski definition) is 1. The van der Waals surface area contributed by atoms with Crippen LogP contribution in [0.1, 0.15) is 43.6 Å². The predicted molar refractivity (Wildman–Crippen MR) is 58.7 cm³/mol. The number of aliphatic hydroxyl groups excluding tert-OH is 1. The quantitative estimate of drug-likeness (QED) is 0.804. The highest BCUT2D eigenvalue weighted by Crippen LogP contribution is 2.30. The van der Waals surface area contributed by atoms with E-state index < -0.39 is 0 Å². The highest BCUT2D eigenvalue weighted by atomic mass is 16.3. The highest BCUT2D eigenvalue weighted by molar-refractivity contribution is 5.16. The van der Waals surface area contributed by atoms with Gasteiger partial charge in [0.2, 0.25) is 0 Å². The minimum Gasteiger partial charge on any atom is -0.376 e. The number of rotatable bonds is 2. The Bertz CT molecular complexity index is 377. The number of aliphatic hydroxyl groups is 1. The number of pyridine rings is 1. The average Bonchev–Trinajstić information content (AvgIpc) is 2.30. The third kappa shape index (κ3) is 2.12. The largest absolute Gasteiger partial charge is 0.376 e. The van der Waals surface area contributed by atoms with Gasteiger partial charge in [-0.25, -0.2) is 0 Å². The Labute approximate surface area is 89.4 Å². The summed E-state index contributed by atoms with van der Waals surface area (Å²) < 4.78 is 1.37. The Hall–Kier alpha value is -1.09. The smallest absolute Gasteiger partial charge is 0.255 e. The van der Waals surface area contributed by atoms with Crippen molar-refractivity contribution in [2.45, 2.75) is 44.8 Å². The second kappa shape index (κ2) is 4.62. The molecule has 3 nitrogen and oxygen atoms in total. The van der Waals surface area contributed by atoms with Crippen LogP contribution >= 0.6 is 0 Å². The molecule has 2 rings (SSSR count). The van der Waals surface area contributed by atoms with Gasteiger partial charge in [-0.1, -0.05) is 25.3 Å². The molecule has 1 N–H and O–H groups in total. The maximum Gasteiger partial charge on any atom is 0.255 e. The lowest BCUT2D eigenvalue weighted by Crippen LogP contribution is -2.25. The summed E-state index contributed by atoms with van der Waals surface area (Å²) in [4.78, 5) is 11.9. The van der Waals surface area contributed by atoms with Crippen molar-refractivity contribution >= 4 is 0 Å². The van der Waals surface area contributed by atoms with Crippen LogP contribution < -0.4 is 5.56 Å². The maximum absolute atomic E-state index is 11.9. The molecule has 3 heteroatoms. The molecule has 0 aromatic carbocycles. The molecule has 1 aliphatic rings. The Balaban J connectivity index is 2.30. The van der Waals surface area contributed by atoms with E-state index in [0.717, 1.165) is 18.4 Å². The minimum absolute atomic E-state index is 0.0214. The summed E-state index contributed by atoms with van der Waals surface area (Å²) in [5, 5.41) is 9.00. The molecule has 82 valence electrons. The second-order valence-corrected chi connectivity index (χ2v) is 4.21. The SMILES string of the molecule is O=c1c(C2CCCCC2)cccn1CO. The van der Waals surface area contributed by atoms with Crippen LogP contribution in [0.5, 0.6) is 0 Å². The van der Waals surface area contributed by atoms with Crippen LogP contribution in [0.25, 0.3) is 0 Å². The molecule has 15 heavy (non-hydrogen) atoms. The lowest BCUT2D eigenvalue weighted by atomic mass is 9.85. The van der Waals surface area contributed by atoms with Gasteiger partial charge in [0.15, 0.2) is 0 Å². The molecule has 0 radical (unpaired) electrons. The molecule has 0 bridgehead atoms. The first-order valence-corrected chi connectivity index (χ1v) is 5.63. The standard InChI is InChI=1S/C12H17NO2/c14-9-13-8-4-7-11(12(13)15)10-5-2-1-3-6-10/h4,7-8,10,14H,1-3,5-6,9H2. The summed E-state index contributed by atoms with van der Waals surface area (Å²) in [7, 11) is 0. The summed E-state index contributed by atoms with van der Waals surface area (Å²) in [6, 6.07) is 3.76. The molecule has 1 aromatic rings. The second-order valence-electron chi connectivity index (χ2n) is 4.21. The van der Waals surface area contributed by atoms with E-state index in [1.165, 1.54) is 23.8 Å². The monoisotopic (exact) mass is 207 g/mol. The molecule has 0 unspecified atom stereocenters. The minimum atomic E-state index is -0.223. The van der Waals surface area contributed by atoms with Crippen molar-refractivity contribution in [3.8, 4) is 0 Å². The molecule has 1 saturated carbocycles. The van der Waals surface area contributed by atoms with Gasteiger partial charge in [0, 0.05) is 11.8 Å². The molecule has 1 aliphatic carbocycles. The molecule has 1 aromatic heterocycles. The fraction of sp³-hybridized carbons (Fsp3) is 0.583. The molecule has 1 heterocycles. The zero-order valence-electron chi connectivity index (χ0n) is 8.85. The Morgan fingerprint density at radius 3 is 2.73 bits per heavy atom. The van der Waals surface area contributed by atoms with Crippen molar-refractivity contribution in [1.82, 2.24) is 4.57 Å². The van der Waals surface area contributed by atoms with E-state index in [1.807, 2.05) is 12.1 Å². The first kappa shape index (κ1) is 10.4. The van der Waals surface area contributed by atoms with Gasteiger partial charge >= 0.3 is 0 Å². The van der Waals surface area contributed by atoms with Crippen molar-refractivity contribution in [3.05, 3.63) is 34.2 Å². The molecular weight excluding hydrogens is 190 g/mol. The Morgan fingerprint density at radius 2 is 2.07 bits per heavy atom.